The molecule has 0 saturated carbocycles. The van der Waals surface area contributed by atoms with E-state index in [1.165, 1.54) is 24.3 Å². The zero-order valence-corrected chi connectivity index (χ0v) is 10.2. The molecule has 0 radical (unpaired) electrons. The smallest absolute Gasteiger partial charge is 0.311 e. The Balaban J connectivity index is 2.74. The largest absolute Gasteiger partial charge is 0.477 e. The van der Waals surface area contributed by atoms with Crippen molar-refractivity contribution in [2.24, 2.45) is 0 Å². The molecule has 0 aromatic heterocycles. The Kier molecular flexibility index (Phi) is 5.49. The first-order chi connectivity index (χ1) is 9.08. The van der Waals surface area contributed by atoms with Crippen LogP contribution in [0.5, 0.6) is 5.75 Å². The van der Waals surface area contributed by atoms with Gasteiger partial charge in [-0.3, -0.25) is 14.9 Å². The Bertz CT molecular complexity index is 487. The topological polar surface area (TPSA) is 102 Å². The molecule has 0 unspecified atom stereocenters. The summed E-state index contributed by atoms with van der Waals surface area (Å²) in [6.45, 7) is 3.11. The molecule has 1 aromatic carbocycles. The van der Waals surface area contributed by atoms with Crippen LogP contribution < -0.4 is 10.1 Å². The lowest BCUT2D eigenvalue weighted by molar-refractivity contribution is -0.385. The van der Waals surface area contributed by atoms with Crippen molar-refractivity contribution in [3.63, 3.8) is 0 Å². The molecule has 0 saturated heterocycles. The van der Waals surface area contributed by atoms with Gasteiger partial charge >= 0.3 is 5.69 Å². The Hall–Kier alpha value is -2.41. The predicted molar refractivity (Wildman–Crippen MR) is 67.7 cm³/mol. The lowest BCUT2D eigenvalue weighted by Crippen LogP contribution is -2.28. The molecule has 102 valence electrons. The van der Waals surface area contributed by atoms with Gasteiger partial charge in [0.15, 0.2) is 12.4 Å². The zero-order valence-electron chi connectivity index (χ0n) is 10.2. The first kappa shape index (κ1) is 14.7. The van der Waals surface area contributed by atoms with E-state index in [0.29, 0.717) is 12.1 Å². The number of amides is 1. The molecular formula is C12H14N2O5. The van der Waals surface area contributed by atoms with Crippen molar-refractivity contribution < 1.29 is 19.6 Å². The van der Waals surface area contributed by atoms with Crippen LogP contribution in [0.25, 0.3) is 0 Å². The van der Waals surface area contributed by atoms with Crippen LogP contribution >= 0.6 is 0 Å². The van der Waals surface area contributed by atoms with Gasteiger partial charge in [0, 0.05) is 12.6 Å². The molecule has 0 aliphatic rings. The second-order valence-corrected chi connectivity index (χ2v) is 3.60. The maximum atomic E-state index is 11.3. The number of rotatable bonds is 7. The number of nitro benzene ring substituents is 1. The molecule has 1 aromatic rings. The average molecular weight is 266 g/mol. The van der Waals surface area contributed by atoms with Gasteiger partial charge in [-0.1, -0.05) is 12.1 Å². The summed E-state index contributed by atoms with van der Waals surface area (Å²) in [5.74, 6) is -0.420. The highest BCUT2D eigenvalue weighted by atomic mass is 16.6. The van der Waals surface area contributed by atoms with Crippen LogP contribution in [0.2, 0.25) is 0 Å². The van der Waals surface area contributed by atoms with E-state index in [4.69, 9.17) is 9.84 Å². The number of hydrogen-bond acceptors (Lipinski definition) is 5. The minimum atomic E-state index is -0.629. The number of carbonyl (C=O) groups excluding carboxylic acids is 1. The molecule has 0 aliphatic heterocycles. The molecule has 1 amide bonds. The van der Waals surface area contributed by atoms with Gasteiger partial charge in [-0.2, -0.15) is 0 Å². The van der Waals surface area contributed by atoms with Gasteiger partial charge in [0.05, 0.1) is 11.5 Å². The Labute approximate surface area is 109 Å². The van der Waals surface area contributed by atoms with Crippen LogP contribution in [-0.2, 0) is 11.4 Å². The summed E-state index contributed by atoms with van der Waals surface area (Å²) in [7, 11) is 0. The number of aliphatic hydroxyl groups excluding tert-OH is 1. The second kappa shape index (κ2) is 7.12. The number of nitrogens with one attached hydrogen (secondary N) is 1. The number of aliphatic hydroxyl groups is 1. The lowest BCUT2D eigenvalue weighted by Gasteiger charge is -2.07. The maximum absolute atomic E-state index is 11.3. The first-order valence-electron chi connectivity index (χ1n) is 5.47. The van der Waals surface area contributed by atoms with Gasteiger partial charge in [-0.05, 0) is 11.6 Å². The second-order valence-electron chi connectivity index (χ2n) is 3.60. The third kappa shape index (κ3) is 4.40. The van der Waals surface area contributed by atoms with E-state index >= 15 is 0 Å². The van der Waals surface area contributed by atoms with E-state index in [2.05, 4.69) is 11.9 Å². The number of carbonyl (C=O) groups is 1. The first-order valence-corrected chi connectivity index (χ1v) is 5.47. The van der Waals surface area contributed by atoms with Crippen molar-refractivity contribution in [1.82, 2.24) is 5.32 Å². The molecule has 19 heavy (non-hydrogen) atoms. The molecule has 0 atom stereocenters. The van der Waals surface area contributed by atoms with E-state index in [9.17, 15) is 14.9 Å². The molecule has 7 nitrogen and oxygen atoms in total. The summed E-state index contributed by atoms with van der Waals surface area (Å²) in [6, 6.07) is 4.05. The van der Waals surface area contributed by atoms with Crippen molar-refractivity contribution in [2.75, 3.05) is 13.2 Å². The van der Waals surface area contributed by atoms with Crippen molar-refractivity contribution in [3.05, 3.63) is 46.5 Å². The van der Waals surface area contributed by atoms with Crippen molar-refractivity contribution >= 4 is 11.6 Å². The minimum Gasteiger partial charge on any atom is -0.477 e. The van der Waals surface area contributed by atoms with Crippen LogP contribution in [0.15, 0.2) is 30.9 Å². The summed E-state index contributed by atoms with van der Waals surface area (Å²) in [5.41, 5.74) is 0.109. The van der Waals surface area contributed by atoms with E-state index in [0.717, 1.165) is 0 Å². The fraction of sp³-hybridized carbons (Fsp3) is 0.250. The van der Waals surface area contributed by atoms with Crippen molar-refractivity contribution in [2.45, 2.75) is 6.61 Å². The zero-order chi connectivity index (χ0) is 14.3. The van der Waals surface area contributed by atoms with Crippen LogP contribution in [0.4, 0.5) is 5.69 Å². The predicted octanol–water partition coefficient (Wildman–Crippen LogP) is 0.768. The molecular weight excluding hydrogens is 252 g/mol. The van der Waals surface area contributed by atoms with Gasteiger partial charge < -0.3 is 15.2 Å². The highest BCUT2D eigenvalue weighted by Gasteiger charge is 2.16. The summed E-state index contributed by atoms with van der Waals surface area (Å²) in [6.07, 6.45) is 1.51. The molecule has 0 aliphatic carbocycles. The molecule has 0 spiro atoms. The number of ether oxygens (including phenoxy) is 1. The Morgan fingerprint density at radius 3 is 2.89 bits per heavy atom. The van der Waals surface area contributed by atoms with Gasteiger partial charge in [-0.15, -0.1) is 6.58 Å². The van der Waals surface area contributed by atoms with E-state index in [-0.39, 0.29) is 24.7 Å². The average Bonchev–Trinajstić information content (AvgIpc) is 2.42. The highest BCUT2D eigenvalue weighted by molar-refractivity contribution is 5.77. The standard InChI is InChI=1S/C12H14N2O5/c1-2-5-13-12(16)8-19-11-4-3-9(7-15)6-10(11)14(17)18/h2-4,6,15H,1,5,7-8H2,(H,13,16). The molecule has 0 bridgehead atoms. The van der Waals surface area contributed by atoms with Gasteiger partial charge in [-0.25, -0.2) is 0 Å². The number of hydrogen-bond donors (Lipinski definition) is 2. The Morgan fingerprint density at radius 1 is 1.58 bits per heavy atom. The number of nitro groups is 1. The highest BCUT2D eigenvalue weighted by Crippen LogP contribution is 2.27. The summed E-state index contributed by atoms with van der Waals surface area (Å²) < 4.78 is 5.09. The van der Waals surface area contributed by atoms with Crippen molar-refractivity contribution in [1.29, 1.82) is 0 Å². The minimum absolute atomic E-state index is 0.0176. The van der Waals surface area contributed by atoms with E-state index < -0.39 is 10.8 Å². The van der Waals surface area contributed by atoms with Crippen LogP contribution in [0, 0.1) is 10.1 Å². The lowest BCUT2D eigenvalue weighted by atomic mass is 10.2. The molecule has 1 rings (SSSR count). The monoisotopic (exact) mass is 266 g/mol. The maximum Gasteiger partial charge on any atom is 0.311 e. The molecule has 0 heterocycles. The van der Waals surface area contributed by atoms with Gasteiger partial charge in [0.2, 0.25) is 0 Å². The fourth-order valence-corrected chi connectivity index (χ4v) is 1.31. The van der Waals surface area contributed by atoms with Crippen molar-refractivity contribution in [3.8, 4) is 5.75 Å². The Morgan fingerprint density at radius 2 is 2.32 bits per heavy atom. The number of benzene rings is 1. The third-order valence-corrected chi connectivity index (χ3v) is 2.20. The quantitative estimate of drug-likeness (QED) is 0.431. The normalized spacial score (nSPS) is 9.74. The third-order valence-electron chi connectivity index (χ3n) is 2.20. The molecule has 7 heteroatoms. The molecule has 0 fully saturated rings. The van der Waals surface area contributed by atoms with Gasteiger partial charge in [0.1, 0.15) is 0 Å². The van der Waals surface area contributed by atoms with E-state index in [1.807, 2.05) is 0 Å². The molecule has 2 N–H and O–H groups in total. The van der Waals surface area contributed by atoms with Crippen LogP contribution in [-0.4, -0.2) is 29.1 Å². The SMILES string of the molecule is C=CCNC(=O)COc1ccc(CO)cc1[N+](=O)[O-]. The van der Waals surface area contributed by atoms with Crippen LogP contribution in [0.1, 0.15) is 5.56 Å². The summed E-state index contributed by atoms with van der Waals surface area (Å²) >= 11 is 0. The number of nitrogens with zero attached hydrogens (tertiary/aromatic N) is 1. The van der Waals surface area contributed by atoms with E-state index in [1.54, 1.807) is 0 Å². The van der Waals surface area contributed by atoms with Gasteiger partial charge in [0.25, 0.3) is 5.91 Å². The summed E-state index contributed by atoms with van der Waals surface area (Å²) in [5, 5.41) is 22.2. The summed E-state index contributed by atoms with van der Waals surface area (Å²) in [4.78, 5) is 21.5. The fourth-order valence-electron chi connectivity index (χ4n) is 1.31. The van der Waals surface area contributed by atoms with Crippen LogP contribution in [0.3, 0.4) is 0 Å².